The SMILES string of the molecule is CC1CN(S(=O)(=O)c2ccc(C(=O)Nc3nc4ccccc4[nH]3)cc2)CC(C)O1. The largest absolute Gasteiger partial charge is 0.373 e. The molecular weight excluding hydrogens is 392 g/mol. The zero-order valence-electron chi connectivity index (χ0n) is 16.1. The van der Waals surface area contributed by atoms with Gasteiger partial charge in [0.1, 0.15) is 0 Å². The van der Waals surface area contributed by atoms with E-state index in [2.05, 4.69) is 15.3 Å². The number of morpholine rings is 1. The predicted octanol–water partition coefficient (Wildman–Crippen LogP) is 2.61. The molecule has 0 spiro atoms. The maximum atomic E-state index is 12.9. The van der Waals surface area contributed by atoms with Crippen molar-refractivity contribution in [2.24, 2.45) is 0 Å². The number of ether oxygens (including phenoxy) is 1. The van der Waals surface area contributed by atoms with Crippen LogP contribution in [0.15, 0.2) is 53.4 Å². The van der Waals surface area contributed by atoms with Crippen LogP contribution in [-0.2, 0) is 14.8 Å². The van der Waals surface area contributed by atoms with Gasteiger partial charge in [-0.15, -0.1) is 0 Å². The second-order valence-electron chi connectivity index (χ2n) is 7.16. The number of H-pyrrole nitrogens is 1. The van der Waals surface area contributed by atoms with Gasteiger partial charge in [-0.05, 0) is 50.2 Å². The van der Waals surface area contributed by atoms with Gasteiger partial charge in [0.2, 0.25) is 16.0 Å². The van der Waals surface area contributed by atoms with E-state index in [0.717, 1.165) is 11.0 Å². The number of carbonyl (C=O) groups is 1. The molecule has 2 aromatic carbocycles. The van der Waals surface area contributed by atoms with E-state index in [1.165, 1.54) is 28.6 Å². The third-order valence-electron chi connectivity index (χ3n) is 4.76. The van der Waals surface area contributed by atoms with Crippen molar-refractivity contribution in [3.8, 4) is 0 Å². The number of amides is 1. The fourth-order valence-corrected chi connectivity index (χ4v) is 5.04. The van der Waals surface area contributed by atoms with E-state index in [-0.39, 0.29) is 23.0 Å². The molecule has 9 heteroatoms. The number of fused-ring (bicyclic) bond motifs is 1. The summed E-state index contributed by atoms with van der Waals surface area (Å²) in [6.07, 6.45) is -0.329. The van der Waals surface area contributed by atoms with Gasteiger partial charge >= 0.3 is 0 Å². The Balaban J connectivity index is 1.50. The molecule has 2 unspecified atom stereocenters. The molecular formula is C20H22N4O4S. The van der Waals surface area contributed by atoms with E-state index in [1.54, 1.807) is 0 Å². The summed E-state index contributed by atoms with van der Waals surface area (Å²) in [5.41, 5.74) is 1.91. The van der Waals surface area contributed by atoms with E-state index in [0.29, 0.717) is 24.6 Å². The zero-order chi connectivity index (χ0) is 20.6. The summed E-state index contributed by atoms with van der Waals surface area (Å²) in [7, 11) is -3.64. The lowest BCUT2D eigenvalue weighted by molar-refractivity contribution is -0.0440. The Morgan fingerprint density at radius 2 is 1.76 bits per heavy atom. The standard InChI is InChI=1S/C20H22N4O4S/c1-13-11-24(12-14(2)28-13)29(26,27)16-9-7-15(8-10-16)19(25)23-20-21-17-5-3-4-6-18(17)22-20/h3-10,13-14H,11-12H2,1-2H3,(H2,21,22,23,25). The van der Waals surface area contributed by atoms with Crippen LogP contribution in [0.4, 0.5) is 5.95 Å². The third kappa shape index (κ3) is 4.02. The van der Waals surface area contributed by atoms with Crippen LogP contribution < -0.4 is 5.32 Å². The van der Waals surface area contributed by atoms with Gasteiger partial charge in [-0.2, -0.15) is 4.31 Å². The summed E-state index contributed by atoms with van der Waals surface area (Å²) < 4.78 is 32.8. The average Bonchev–Trinajstić information content (AvgIpc) is 3.09. The minimum atomic E-state index is -3.64. The van der Waals surface area contributed by atoms with Crippen molar-refractivity contribution in [1.29, 1.82) is 0 Å². The van der Waals surface area contributed by atoms with Crippen LogP contribution >= 0.6 is 0 Å². The van der Waals surface area contributed by atoms with Gasteiger partial charge in [-0.1, -0.05) is 12.1 Å². The van der Waals surface area contributed by atoms with Crippen LogP contribution in [-0.4, -0.2) is 53.9 Å². The fraction of sp³-hybridized carbons (Fsp3) is 0.300. The van der Waals surface area contributed by atoms with Crippen LogP contribution in [0.3, 0.4) is 0 Å². The smallest absolute Gasteiger partial charge is 0.257 e. The van der Waals surface area contributed by atoms with Crippen LogP contribution in [0.2, 0.25) is 0 Å². The first kappa shape index (κ1) is 19.6. The summed E-state index contributed by atoms with van der Waals surface area (Å²) in [6, 6.07) is 13.3. The van der Waals surface area contributed by atoms with Crippen molar-refractivity contribution in [3.63, 3.8) is 0 Å². The van der Waals surface area contributed by atoms with Gasteiger partial charge in [0.25, 0.3) is 5.91 Å². The van der Waals surface area contributed by atoms with Gasteiger partial charge in [0, 0.05) is 18.7 Å². The minimum absolute atomic E-state index is 0.152. The van der Waals surface area contributed by atoms with E-state index >= 15 is 0 Å². The van der Waals surface area contributed by atoms with E-state index < -0.39 is 10.0 Å². The molecule has 2 atom stereocenters. The van der Waals surface area contributed by atoms with Crippen LogP contribution in [0.1, 0.15) is 24.2 Å². The molecule has 152 valence electrons. The Morgan fingerprint density at radius 3 is 2.41 bits per heavy atom. The molecule has 3 aromatic rings. The number of hydrogen-bond acceptors (Lipinski definition) is 5. The van der Waals surface area contributed by atoms with Gasteiger partial charge in [-0.3, -0.25) is 10.1 Å². The van der Waals surface area contributed by atoms with Crippen molar-refractivity contribution < 1.29 is 17.9 Å². The molecule has 29 heavy (non-hydrogen) atoms. The summed E-state index contributed by atoms with van der Waals surface area (Å²) in [5, 5.41) is 2.70. The monoisotopic (exact) mass is 414 g/mol. The molecule has 1 aliphatic heterocycles. The number of benzene rings is 2. The zero-order valence-corrected chi connectivity index (χ0v) is 16.9. The highest BCUT2D eigenvalue weighted by Crippen LogP contribution is 2.22. The third-order valence-corrected chi connectivity index (χ3v) is 6.61. The Bertz CT molecular complexity index is 1100. The van der Waals surface area contributed by atoms with Crippen molar-refractivity contribution in [2.75, 3.05) is 18.4 Å². The number of para-hydroxylation sites is 2. The number of aromatic nitrogens is 2. The van der Waals surface area contributed by atoms with Crippen molar-refractivity contribution in [2.45, 2.75) is 31.0 Å². The molecule has 8 nitrogen and oxygen atoms in total. The van der Waals surface area contributed by atoms with Gasteiger partial charge in [-0.25, -0.2) is 13.4 Å². The first-order chi connectivity index (χ1) is 13.8. The molecule has 1 amide bonds. The first-order valence-electron chi connectivity index (χ1n) is 9.35. The number of hydrogen-bond donors (Lipinski definition) is 2. The average molecular weight is 414 g/mol. The molecule has 2 heterocycles. The number of sulfonamides is 1. The number of nitrogens with one attached hydrogen (secondary N) is 2. The Hall–Kier alpha value is -2.75. The molecule has 0 bridgehead atoms. The first-order valence-corrected chi connectivity index (χ1v) is 10.8. The van der Waals surface area contributed by atoms with Crippen LogP contribution in [0.5, 0.6) is 0 Å². The van der Waals surface area contributed by atoms with Gasteiger partial charge in [0.05, 0.1) is 28.1 Å². The van der Waals surface area contributed by atoms with Crippen molar-refractivity contribution in [1.82, 2.24) is 14.3 Å². The molecule has 0 radical (unpaired) electrons. The maximum absolute atomic E-state index is 12.9. The molecule has 0 aliphatic carbocycles. The highest BCUT2D eigenvalue weighted by molar-refractivity contribution is 7.89. The maximum Gasteiger partial charge on any atom is 0.257 e. The quantitative estimate of drug-likeness (QED) is 0.683. The van der Waals surface area contributed by atoms with Crippen LogP contribution in [0, 0.1) is 0 Å². The molecule has 1 fully saturated rings. The molecule has 1 aromatic heterocycles. The fourth-order valence-electron chi connectivity index (χ4n) is 3.45. The van der Waals surface area contributed by atoms with E-state index in [1.807, 2.05) is 38.1 Å². The lowest BCUT2D eigenvalue weighted by Crippen LogP contribution is -2.48. The summed E-state index contributed by atoms with van der Waals surface area (Å²) >= 11 is 0. The number of nitrogens with zero attached hydrogens (tertiary/aromatic N) is 2. The second kappa shape index (κ2) is 7.58. The molecule has 1 aliphatic rings. The number of carbonyl (C=O) groups excluding carboxylic acids is 1. The lowest BCUT2D eigenvalue weighted by atomic mass is 10.2. The second-order valence-corrected chi connectivity index (χ2v) is 9.10. The normalized spacial score (nSPS) is 20.6. The van der Waals surface area contributed by atoms with E-state index in [9.17, 15) is 13.2 Å². The number of anilines is 1. The number of rotatable bonds is 4. The summed E-state index contributed by atoms with van der Waals surface area (Å²) in [6.45, 7) is 4.31. The Kier molecular flexibility index (Phi) is 5.12. The predicted molar refractivity (Wildman–Crippen MR) is 109 cm³/mol. The number of aromatic amines is 1. The Morgan fingerprint density at radius 1 is 1.10 bits per heavy atom. The summed E-state index contributed by atoms with van der Waals surface area (Å²) in [5.74, 6) is -0.0363. The highest BCUT2D eigenvalue weighted by atomic mass is 32.2. The molecule has 1 saturated heterocycles. The molecule has 4 rings (SSSR count). The van der Waals surface area contributed by atoms with Gasteiger partial charge in [0.15, 0.2) is 0 Å². The molecule has 0 saturated carbocycles. The Labute approximate surface area is 168 Å². The molecule has 2 N–H and O–H groups in total. The van der Waals surface area contributed by atoms with Crippen LogP contribution in [0.25, 0.3) is 11.0 Å². The minimum Gasteiger partial charge on any atom is -0.373 e. The van der Waals surface area contributed by atoms with E-state index in [4.69, 9.17) is 4.74 Å². The van der Waals surface area contributed by atoms with Crippen molar-refractivity contribution in [3.05, 3.63) is 54.1 Å². The van der Waals surface area contributed by atoms with Crippen molar-refractivity contribution >= 4 is 32.9 Å². The topological polar surface area (TPSA) is 104 Å². The van der Waals surface area contributed by atoms with Gasteiger partial charge < -0.3 is 9.72 Å². The summed E-state index contributed by atoms with van der Waals surface area (Å²) in [4.78, 5) is 20.0. The highest BCUT2D eigenvalue weighted by Gasteiger charge is 2.32. The lowest BCUT2D eigenvalue weighted by Gasteiger charge is -2.34. The number of imidazole rings is 1.